The molecule has 2 N–H and O–H groups in total. The first-order valence-electron chi connectivity index (χ1n) is 6.99. The van der Waals surface area contributed by atoms with Crippen LogP contribution in [0.5, 0.6) is 0 Å². The van der Waals surface area contributed by atoms with E-state index in [2.05, 4.69) is 26.6 Å². The standard InChI is InChI=1S/C15H21N3O2.HI/c1-3-12(10-19)16-15(20)8-9-18-11-17(2)13-6-4-5-7-14(13)18;/h4-7,11-12,19H,3,8-10H2,1-2H3;1H/t12-;/m0./s1. The van der Waals surface area contributed by atoms with E-state index in [1.54, 1.807) is 0 Å². The van der Waals surface area contributed by atoms with Crippen LogP contribution >= 0.6 is 0 Å². The largest absolute Gasteiger partial charge is 1.00 e. The molecule has 116 valence electrons. The number of benzene rings is 1. The number of aliphatic hydroxyl groups excluding tert-OH is 1. The Morgan fingerprint density at radius 3 is 2.81 bits per heavy atom. The lowest BCUT2D eigenvalue weighted by Crippen LogP contribution is -3.00. The Balaban J connectivity index is 0.00000220. The lowest BCUT2D eigenvalue weighted by Gasteiger charge is -2.13. The Kier molecular flexibility index (Phi) is 7.10. The van der Waals surface area contributed by atoms with Crippen molar-refractivity contribution in [3.63, 3.8) is 0 Å². The monoisotopic (exact) mass is 403 g/mol. The molecule has 21 heavy (non-hydrogen) atoms. The van der Waals surface area contributed by atoms with Crippen LogP contribution in [0, 0.1) is 0 Å². The minimum absolute atomic E-state index is 0. The Morgan fingerprint density at radius 2 is 2.14 bits per heavy atom. The number of aliphatic hydroxyl groups is 1. The Bertz CT molecular complexity index is 594. The maximum atomic E-state index is 11.8. The zero-order chi connectivity index (χ0) is 14.5. The van der Waals surface area contributed by atoms with Gasteiger partial charge in [0, 0.05) is 0 Å². The SMILES string of the molecule is CC[C@@H](CO)NC(=O)CCn1c[n+](C)c2ccccc21.[I-]. The van der Waals surface area contributed by atoms with Gasteiger partial charge in [-0.2, -0.15) is 0 Å². The highest BCUT2D eigenvalue weighted by Gasteiger charge is 2.14. The molecule has 1 amide bonds. The van der Waals surface area contributed by atoms with Crippen LogP contribution in [-0.2, 0) is 18.4 Å². The van der Waals surface area contributed by atoms with Crippen molar-refractivity contribution in [3.05, 3.63) is 30.6 Å². The number of nitrogens with zero attached hydrogens (tertiary/aromatic N) is 2. The third kappa shape index (κ3) is 4.41. The van der Waals surface area contributed by atoms with E-state index in [4.69, 9.17) is 5.11 Å². The minimum Gasteiger partial charge on any atom is -1.00 e. The highest BCUT2D eigenvalue weighted by molar-refractivity contribution is 5.76. The lowest BCUT2D eigenvalue weighted by atomic mass is 10.2. The molecule has 1 atom stereocenters. The molecule has 0 fully saturated rings. The van der Waals surface area contributed by atoms with Gasteiger partial charge in [-0.1, -0.05) is 19.1 Å². The van der Waals surface area contributed by atoms with Crippen LogP contribution in [0.25, 0.3) is 11.0 Å². The molecule has 1 aromatic heterocycles. The first-order valence-corrected chi connectivity index (χ1v) is 6.99. The van der Waals surface area contributed by atoms with E-state index in [1.807, 2.05) is 32.4 Å². The second-order valence-corrected chi connectivity index (χ2v) is 5.01. The van der Waals surface area contributed by atoms with Gasteiger partial charge in [-0.3, -0.25) is 4.79 Å². The second kappa shape index (κ2) is 8.33. The van der Waals surface area contributed by atoms with Gasteiger partial charge < -0.3 is 34.4 Å². The van der Waals surface area contributed by atoms with Crippen molar-refractivity contribution in [3.8, 4) is 0 Å². The van der Waals surface area contributed by atoms with Crippen molar-refractivity contribution in [2.75, 3.05) is 6.61 Å². The maximum absolute atomic E-state index is 11.8. The molecule has 2 aromatic rings. The number of halogens is 1. The molecule has 0 saturated heterocycles. The third-order valence-corrected chi connectivity index (χ3v) is 3.54. The van der Waals surface area contributed by atoms with Gasteiger partial charge in [0.2, 0.25) is 12.2 Å². The number of rotatable bonds is 6. The fraction of sp³-hybridized carbons (Fsp3) is 0.467. The number of hydrogen-bond donors (Lipinski definition) is 2. The molecule has 0 aliphatic heterocycles. The molecule has 0 bridgehead atoms. The predicted molar refractivity (Wildman–Crippen MR) is 77.0 cm³/mol. The fourth-order valence-electron chi connectivity index (χ4n) is 2.32. The summed E-state index contributed by atoms with van der Waals surface area (Å²) < 4.78 is 4.13. The maximum Gasteiger partial charge on any atom is 0.244 e. The van der Waals surface area contributed by atoms with Crippen LogP contribution in [0.4, 0.5) is 0 Å². The fourth-order valence-corrected chi connectivity index (χ4v) is 2.32. The summed E-state index contributed by atoms with van der Waals surface area (Å²) in [5, 5.41) is 11.9. The average molecular weight is 403 g/mol. The van der Waals surface area contributed by atoms with Crippen molar-refractivity contribution in [1.29, 1.82) is 0 Å². The van der Waals surface area contributed by atoms with E-state index < -0.39 is 0 Å². The average Bonchev–Trinajstić information content (AvgIpc) is 2.80. The summed E-state index contributed by atoms with van der Waals surface area (Å²) in [6, 6.07) is 7.98. The number of carbonyl (C=O) groups is 1. The van der Waals surface area contributed by atoms with Crippen LogP contribution in [0.2, 0.25) is 0 Å². The summed E-state index contributed by atoms with van der Waals surface area (Å²) in [6.07, 6.45) is 3.15. The molecule has 0 unspecified atom stereocenters. The summed E-state index contributed by atoms with van der Waals surface area (Å²) in [5.41, 5.74) is 2.27. The van der Waals surface area contributed by atoms with Gasteiger partial charge in [-0.15, -0.1) is 0 Å². The number of fused-ring (bicyclic) bond motifs is 1. The van der Waals surface area contributed by atoms with Crippen LogP contribution < -0.4 is 33.9 Å². The van der Waals surface area contributed by atoms with E-state index in [9.17, 15) is 4.79 Å². The van der Waals surface area contributed by atoms with Crippen LogP contribution in [-0.4, -0.2) is 28.2 Å². The number of amides is 1. The molecule has 5 nitrogen and oxygen atoms in total. The molecule has 0 saturated carbocycles. The predicted octanol–water partition coefficient (Wildman–Crippen LogP) is -2.25. The molecular formula is C15H22IN3O2. The quantitative estimate of drug-likeness (QED) is 0.423. The van der Waals surface area contributed by atoms with Crippen molar-refractivity contribution in [1.82, 2.24) is 9.88 Å². The molecule has 0 radical (unpaired) electrons. The Hall–Kier alpha value is -1.15. The summed E-state index contributed by atoms with van der Waals surface area (Å²) >= 11 is 0. The molecule has 0 aliphatic carbocycles. The van der Waals surface area contributed by atoms with Crippen molar-refractivity contribution < 1.29 is 38.4 Å². The number of aromatic nitrogens is 2. The molecule has 1 heterocycles. The normalized spacial score (nSPS) is 12.0. The van der Waals surface area contributed by atoms with E-state index in [0.29, 0.717) is 13.0 Å². The molecule has 0 aliphatic rings. The highest BCUT2D eigenvalue weighted by atomic mass is 127. The number of imidazole rings is 1. The zero-order valence-corrected chi connectivity index (χ0v) is 14.6. The minimum atomic E-state index is -0.139. The smallest absolute Gasteiger partial charge is 0.244 e. The Labute approximate surface area is 142 Å². The van der Waals surface area contributed by atoms with Crippen LogP contribution in [0.15, 0.2) is 30.6 Å². The van der Waals surface area contributed by atoms with Crippen molar-refractivity contribution in [2.24, 2.45) is 7.05 Å². The van der Waals surface area contributed by atoms with Gasteiger partial charge in [0.1, 0.15) is 0 Å². The lowest BCUT2D eigenvalue weighted by molar-refractivity contribution is -0.645. The van der Waals surface area contributed by atoms with Gasteiger partial charge in [0.25, 0.3) is 0 Å². The van der Waals surface area contributed by atoms with Crippen molar-refractivity contribution >= 4 is 16.9 Å². The first-order chi connectivity index (χ1) is 9.65. The highest BCUT2D eigenvalue weighted by Crippen LogP contribution is 2.10. The summed E-state index contributed by atoms with van der Waals surface area (Å²) in [7, 11) is 2.00. The van der Waals surface area contributed by atoms with E-state index >= 15 is 0 Å². The van der Waals surface area contributed by atoms with Gasteiger partial charge in [-0.05, 0) is 18.6 Å². The van der Waals surface area contributed by atoms with Crippen molar-refractivity contribution in [2.45, 2.75) is 32.4 Å². The molecular weight excluding hydrogens is 381 g/mol. The number of carbonyl (C=O) groups excluding carboxylic acids is 1. The van der Waals surface area contributed by atoms with E-state index in [1.165, 1.54) is 0 Å². The van der Waals surface area contributed by atoms with Gasteiger partial charge in [0.15, 0.2) is 11.0 Å². The second-order valence-electron chi connectivity index (χ2n) is 5.01. The molecule has 6 heteroatoms. The van der Waals surface area contributed by atoms with Crippen LogP contribution in [0.3, 0.4) is 0 Å². The first kappa shape index (κ1) is 17.9. The third-order valence-electron chi connectivity index (χ3n) is 3.54. The van der Waals surface area contributed by atoms with Crippen LogP contribution in [0.1, 0.15) is 19.8 Å². The number of hydrogen-bond acceptors (Lipinski definition) is 2. The number of nitrogens with one attached hydrogen (secondary N) is 1. The zero-order valence-electron chi connectivity index (χ0n) is 12.4. The number of aryl methyl sites for hydroxylation is 2. The van der Waals surface area contributed by atoms with Gasteiger partial charge in [-0.25, -0.2) is 9.13 Å². The number of para-hydroxylation sites is 2. The summed E-state index contributed by atoms with van der Waals surface area (Å²) in [4.78, 5) is 11.8. The molecule has 2 rings (SSSR count). The topological polar surface area (TPSA) is 58.1 Å². The summed E-state index contributed by atoms with van der Waals surface area (Å²) in [5.74, 6) is -0.0219. The van der Waals surface area contributed by atoms with E-state index in [-0.39, 0.29) is 42.5 Å². The molecule has 0 spiro atoms. The molecule has 1 aromatic carbocycles. The van der Waals surface area contributed by atoms with Gasteiger partial charge >= 0.3 is 0 Å². The van der Waals surface area contributed by atoms with E-state index in [0.717, 1.165) is 17.5 Å². The van der Waals surface area contributed by atoms with Gasteiger partial charge in [0.05, 0.1) is 32.7 Å². The Morgan fingerprint density at radius 1 is 1.43 bits per heavy atom. The summed E-state index contributed by atoms with van der Waals surface area (Å²) in [6.45, 7) is 2.57.